The van der Waals surface area contributed by atoms with Gasteiger partial charge in [-0.1, -0.05) is 11.3 Å². The van der Waals surface area contributed by atoms with Crippen LogP contribution in [0.2, 0.25) is 0 Å². The largest absolute Gasteiger partial charge is 0.497 e. The summed E-state index contributed by atoms with van der Waals surface area (Å²) in [6.07, 6.45) is 1.04. The van der Waals surface area contributed by atoms with Gasteiger partial charge in [-0.05, 0) is 30.7 Å². The van der Waals surface area contributed by atoms with E-state index in [0.29, 0.717) is 16.4 Å². The van der Waals surface area contributed by atoms with Crippen LogP contribution in [0, 0.1) is 12.7 Å². The molecule has 0 aliphatic rings. The fraction of sp³-hybridized carbons (Fsp3) is 0.133. The second-order valence-electron chi connectivity index (χ2n) is 4.63. The summed E-state index contributed by atoms with van der Waals surface area (Å²) in [5.74, 6) is -0.163. The Hall–Kier alpha value is -2.54. The second kappa shape index (κ2) is 5.69. The molecule has 2 aromatic heterocycles. The van der Waals surface area contributed by atoms with Gasteiger partial charge >= 0.3 is 0 Å². The number of hydrogen-bond donors (Lipinski definition) is 1. The first kappa shape index (κ1) is 14.4. The van der Waals surface area contributed by atoms with Crippen LogP contribution < -0.4 is 10.1 Å². The van der Waals surface area contributed by atoms with Crippen molar-refractivity contribution < 1.29 is 13.9 Å². The number of pyridine rings is 1. The lowest BCUT2D eigenvalue weighted by molar-refractivity contribution is 0.102. The van der Waals surface area contributed by atoms with Crippen LogP contribution in [-0.4, -0.2) is 23.0 Å². The number of rotatable bonds is 3. The third-order valence-corrected chi connectivity index (χ3v) is 4.05. The highest BCUT2D eigenvalue weighted by atomic mass is 32.1. The number of halogens is 1. The van der Waals surface area contributed by atoms with Gasteiger partial charge in [-0.2, -0.15) is 0 Å². The molecular formula is C15H12FN3O2S. The molecular weight excluding hydrogens is 305 g/mol. The summed E-state index contributed by atoms with van der Waals surface area (Å²) in [7, 11) is 1.58. The van der Waals surface area contributed by atoms with Crippen molar-refractivity contribution in [3.8, 4) is 5.75 Å². The van der Waals surface area contributed by atoms with Gasteiger partial charge in [0.15, 0.2) is 5.13 Å². The van der Waals surface area contributed by atoms with E-state index in [9.17, 15) is 9.18 Å². The fourth-order valence-electron chi connectivity index (χ4n) is 1.91. The number of hydrogen-bond acceptors (Lipinski definition) is 5. The Bertz CT molecular complexity index is 863. The van der Waals surface area contributed by atoms with Gasteiger partial charge in [0.1, 0.15) is 17.3 Å². The number of anilines is 1. The minimum absolute atomic E-state index is 0.149. The van der Waals surface area contributed by atoms with Gasteiger partial charge in [-0.15, -0.1) is 0 Å². The molecule has 0 saturated heterocycles. The lowest BCUT2D eigenvalue weighted by Gasteiger charge is -2.02. The Morgan fingerprint density at radius 1 is 1.36 bits per heavy atom. The summed E-state index contributed by atoms with van der Waals surface area (Å²) >= 11 is 1.35. The molecule has 0 aliphatic heterocycles. The predicted molar refractivity (Wildman–Crippen MR) is 83.1 cm³/mol. The predicted octanol–water partition coefficient (Wildman–Crippen LogP) is 3.40. The van der Waals surface area contributed by atoms with Crippen LogP contribution in [0.25, 0.3) is 10.2 Å². The van der Waals surface area contributed by atoms with Crippen molar-refractivity contribution in [2.24, 2.45) is 0 Å². The zero-order chi connectivity index (χ0) is 15.7. The Morgan fingerprint density at radius 3 is 2.91 bits per heavy atom. The molecule has 0 unspecified atom stereocenters. The summed E-state index contributed by atoms with van der Waals surface area (Å²) in [5.41, 5.74) is 1.26. The molecule has 0 saturated carbocycles. The average molecular weight is 317 g/mol. The Labute approximate surface area is 129 Å². The van der Waals surface area contributed by atoms with E-state index in [1.807, 2.05) is 12.1 Å². The van der Waals surface area contributed by atoms with Gasteiger partial charge in [0.2, 0.25) is 0 Å². The molecule has 1 N–H and O–H groups in total. The zero-order valence-electron chi connectivity index (χ0n) is 11.9. The first-order chi connectivity index (χ1) is 10.6. The number of amides is 1. The van der Waals surface area contributed by atoms with Crippen molar-refractivity contribution >= 4 is 32.6 Å². The zero-order valence-corrected chi connectivity index (χ0v) is 12.7. The van der Waals surface area contributed by atoms with E-state index < -0.39 is 11.7 Å². The van der Waals surface area contributed by atoms with E-state index in [1.165, 1.54) is 17.4 Å². The molecule has 0 aliphatic carbocycles. The monoisotopic (exact) mass is 317 g/mol. The highest BCUT2D eigenvalue weighted by molar-refractivity contribution is 7.22. The summed E-state index contributed by atoms with van der Waals surface area (Å²) < 4.78 is 19.3. The number of fused-ring (bicyclic) bond motifs is 1. The van der Waals surface area contributed by atoms with E-state index in [1.54, 1.807) is 20.1 Å². The fourth-order valence-corrected chi connectivity index (χ4v) is 2.75. The minimum atomic E-state index is -0.441. The maximum absolute atomic E-state index is 13.2. The quantitative estimate of drug-likeness (QED) is 0.804. The SMILES string of the molecule is COc1ccc2sc(NC(=O)c3cc(C)c(F)cn3)nc2c1. The van der Waals surface area contributed by atoms with Crippen molar-refractivity contribution in [3.63, 3.8) is 0 Å². The lowest BCUT2D eigenvalue weighted by atomic mass is 10.2. The molecule has 7 heteroatoms. The van der Waals surface area contributed by atoms with Crippen molar-refractivity contribution in [1.29, 1.82) is 0 Å². The normalized spacial score (nSPS) is 10.7. The number of benzene rings is 1. The molecule has 5 nitrogen and oxygen atoms in total. The molecule has 0 fully saturated rings. The van der Waals surface area contributed by atoms with E-state index in [0.717, 1.165) is 16.4 Å². The smallest absolute Gasteiger partial charge is 0.276 e. The third-order valence-electron chi connectivity index (χ3n) is 3.09. The molecule has 0 spiro atoms. The standard InChI is InChI=1S/C15H12FN3O2S/c1-8-5-12(17-7-10(8)16)14(20)19-15-18-11-6-9(21-2)3-4-13(11)22-15/h3-7H,1-2H3,(H,18,19,20). The summed E-state index contributed by atoms with van der Waals surface area (Å²) in [6.45, 7) is 1.58. The van der Waals surface area contributed by atoms with Crippen LogP contribution in [-0.2, 0) is 0 Å². The van der Waals surface area contributed by atoms with Crippen LogP contribution in [0.4, 0.5) is 9.52 Å². The summed E-state index contributed by atoms with van der Waals surface area (Å²) in [4.78, 5) is 20.2. The second-order valence-corrected chi connectivity index (χ2v) is 5.66. The number of aromatic nitrogens is 2. The molecule has 1 amide bonds. The number of nitrogens with zero attached hydrogens (tertiary/aromatic N) is 2. The van der Waals surface area contributed by atoms with Crippen LogP contribution in [0.5, 0.6) is 5.75 Å². The van der Waals surface area contributed by atoms with Crippen LogP contribution >= 0.6 is 11.3 Å². The molecule has 0 radical (unpaired) electrons. The van der Waals surface area contributed by atoms with Gasteiger partial charge in [0, 0.05) is 6.07 Å². The van der Waals surface area contributed by atoms with Gasteiger partial charge < -0.3 is 4.74 Å². The molecule has 3 aromatic rings. The van der Waals surface area contributed by atoms with Crippen molar-refractivity contribution in [2.45, 2.75) is 6.92 Å². The minimum Gasteiger partial charge on any atom is -0.497 e. The van der Waals surface area contributed by atoms with E-state index >= 15 is 0 Å². The molecule has 22 heavy (non-hydrogen) atoms. The summed E-state index contributed by atoms with van der Waals surface area (Å²) in [5, 5.41) is 3.13. The average Bonchev–Trinajstić information content (AvgIpc) is 2.90. The molecule has 3 rings (SSSR count). The number of aryl methyl sites for hydroxylation is 1. The molecule has 112 valence electrons. The maximum Gasteiger partial charge on any atom is 0.276 e. The van der Waals surface area contributed by atoms with Gasteiger partial charge in [-0.3, -0.25) is 10.1 Å². The molecule has 2 heterocycles. The van der Waals surface area contributed by atoms with Gasteiger partial charge in [-0.25, -0.2) is 14.4 Å². The van der Waals surface area contributed by atoms with Gasteiger partial charge in [0.25, 0.3) is 5.91 Å². The molecule has 0 bridgehead atoms. The summed E-state index contributed by atoms with van der Waals surface area (Å²) in [6, 6.07) is 6.90. The first-order valence-corrected chi connectivity index (χ1v) is 7.26. The van der Waals surface area contributed by atoms with Gasteiger partial charge in [0.05, 0.1) is 23.5 Å². The van der Waals surface area contributed by atoms with E-state index in [2.05, 4.69) is 15.3 Å². The first-order valence-electron chi connectivity index (χ1n) is 6.45. The topological polar surface area (TPSA) is 64.1 Å². The van der Waals surface area contributed by atoms with Crippen LogP contribution in [0.15, 0.2) is 30.5 Å². The highest BCUT2D eigenvalue weighted by Gasteiger charge is 2.13. The third kappa shape index (κ3) is 2.75. The number of nitrogens with one attached hydrogen (secondary N) is 1. The van der Waals surface area contributed by atoms with Crippen molar-refractivity contribution in [3.05, 3.63) is 47.5 Å². The van der Waals surface area contributed by atoms with Crippen molar-refractivity contribution in [2.75, 3.05) is 12.4 Å². The number of carbonyl (C=O) groups is 1. The maximum atomic E-state index is 13.2. The van der Waals surface area contributed by atoms with E-state index in [4.69, 9.17) is 4.74 Å². The van der Waals surface area contributed by atoms with E-state index in [-0.39, 0.29) is 5.69 Å². The highest BCUT2D eigenvalue weighted by Crippen LogP contribution is 2.29. The lowest BCUT2D eigenvalue weighted by Crippen LogP contribution is -2.13. The number of methoxy groups -OCH3 is 1. The van der Waals surface area contributed by atoms with Crippen LogP contribution in [0.3, 0.4) is 0 Å². The number of carbonyl (C=O) groups excluding carboxylic acids is 1. The molecule has 1 aromatic carbocycles. The Balaban J connectivity index is 1.85. The van der Waals surface area contributed by atoms with Crippen LogP contribution in [0.1, 0.15) is 16.1 Å². The van der Waals surface area contributed by atoms with Crippen molar-refractivity contribution in [1.82, 2.24) is 9.97 Å². The Kier molecular flexibility index (Phi) is 3.72. The number of thiazole rings is 1. The number of ether oxygens (including phenoxy) is 1. The molecule has 0 atom stereocenters. The Morgan fingerprint density at radius 2 is 2.18 bits per heavy atom.